The van der Waals surface area contributed by atoms with Crippen LogP contribution in [0.4, 0.5) is 11.4 Å². The third-order valence-corrected chi connectivity index (χ3v) is 6.47. The number of nitro groups is 1. The zero-order valence-corrected chi connectivity index (χ0v) is 15.5. The van der Waals surface area contributed by atoms with Crippen LogP contribution >= 0.6 is 0 Å². The van der Waals surface area contributed by atoms with E-state index >= 15 is 0 Å². The summed E-state index contributed by atoms with van der Waals surface area (Å²) in [6.45, 7) is 0.981. The predicted molar refractivity (Wildman–Crippen MR) is 99.9 cm³/mol. The summed E-state index contributed by atoms with van der Waals surface area (Å²) < 4.78 is 27.1. The number of benzene rings is 2. The number of hydrogen-bond acceptors (Lipinski definition) is 7. The van der Waals surface area contributed by atoms with Gasteiger partial charge in [-0.05, 0) is 18.2 Å². The zero-order valence-electron chi connectivity index (χ0n) is 14.6. The lowest BCUT2D eigenvalue weighted by Gasteiger charge is -2.35. The molecule has 1 saturated heterocycles. The van der Waals surface area contributed by atoms with Crippen LogP contribution in [0.3, 0.4) is 0 Å². The van der Waals surface area contributed by atoms with Crippen molar-refractivity contribution < 1.29 is 13.3 Å². The minimum absolute atomic E-state index is 0.0287. The number of sulfonamides is 1. The molecule has 10 heteroatoms. The molecule has 0 N–H and O–H groups in total. The first-order valence-electron chi connectivity index (χ1n) is 8.31. The molecular formula is C18H15N5O4S. The van der Waals surface area contributed by atoms with Gasteiger partial charge in [0, 0.05) is 38.3 Å². The Bertz CT molecular complexity index is 1110. The van der Waals surface area contributed by atoms with E-state index in [1.165, 1.54) is 34.6 Å². The monoisotopic (exact) mass is 397 g/mol. The number of rotatable bonds is 4. The first-order valence-corrected chi connectivity index (χ1v) is 9.75. The zero-order chi connectivity index (χ0) is 20.3. The summed E-state index contributed by atoms with van der Waals surface area (Å²) in [7, 11) is -3.81. The second-order valence-corrected chi connectivity index (χ2v) is 7.98. The average Bonchev–Trinajstić information content (AvgIpc) is 2.73. The van der Waals surface area contributed by atoms with Crippen LogP contribution < -0.4 is 4.90 Å². The molecule has 0 atom stereocenters. The van der Waals surface area contributed by atoms with Gasteiger partial charge in [-0.3, -0.25) is 10.1 Å². The Morgan fingerprint density at radius 1 is 0.964 bits per heavy atom. The Hall–Kier alpha value is -3.47. The van der Waals surface area contributed by atoms with Gasteiger partial charge in [-0.25, -0.2) is 8.42 Å². The van der Waals surface area contributed by atoms with Crippen molar-refractivity contribution in [2.75, 3.05) is 31.1 Å². The quantitative estimate of drug-likeness (QED) is 0.568. The largest absolute Gasteiger partial charge is 0.368 e. The lowest BCUT2D eigenvalue weighted by atomic mass is 10.1. The number of nitrogens with zero attached hydrogens (tertiary/aromatic N) is 5. The van der Waals surface area contributed by atoms with Crippen LogP contribution in [-0.4, -0.2) is 43.8 Å². The van der Waals surface area contributed by atoms with Crippen molar-refractivity contribution in [3.8, 4) is 12.1 Å². The number of non-ortho nitro benzene ring substituents is 1. The fourth-order valence-electron chi connectivity index (χ4n) is 3.10. The van der Waals surface area contributed by atoms with Crippen LogP contribution in [0.5, 0.6) is 0 Å². The molecule has 2 aromatic carbocycles. The molecule has 3 rings (SSSR count). The summed E-state index contributed by atoms with van der Waals surface area (Å²) in [5.41, 5.74) is 0.615. The fourth-order valence-corrected chi connectivity index (χ4v) is 4.66. The lowest BCUT2D eigenvalue weighted by molar-refractivity contribution is -0.384. The predicted octanol–water partition coefficient (Wildman–Crippen LogP) is 1.85. The molecule has 0 bridgehead atoms. The molecule has 0 aromatic heterocycles. The second kappa shape index (κ2) is 7.64. The highest BCUT2D eigenvalue weighted by Gasteiger charge is 2.31. The summed E-state index contributed by atoms with van der Waals surface area (Å²) in [6, 6.07) is 13.9. The average molecular weight is 397 g/mol. The number of hydrogen-bond donors (Lipinski definition) is 0. The third kappa shape index (κ3) is 3.51. The van der Waals surface area contributed by atoms with Crippen molar-refractivity contribution in [1.29, 1.82) is 10.5 Å². The second-order valence-electron chi connectivity index (χ2n) is 6.07. The van der Waals surface area contributed by atoms with Crippen molar-refractivity contribution >= 4 is 21.4 Å². The van der Waals surface area contributed by atoms with Gasteiger partial charge >= 0.3 is 0 Å². The maximum atomic E-state index is 12.9. The van der Waals surface area contributed by atoms with Crippen molar-refractivity contribution in [1.82, 2.24) is 4.31 Å². The van der Waals surface area contributed by atoms with Gasteiger partial charge in [0.25, 0.3) is 5.69 Å². The number of nitro benzene ring substituents is 1. The number of anilines is 1. The minimum Gasteiger partial charge on any atom is -0.368 e. The van der Waals surface area contributed by atoms with Crippen LogP contribution in [0.15, 0.2) is 47.4 Å². The fraction of sp³-hybridized carbons (Fsp3) is 0.222. The van der Waals surface area contributed by atoms with Gasteiger partial charge in [0.05, 0.1) is 26.6 Å². The van der Waals surface area contributed by atoms with Gasteiger partial charge < -0.3 is 4.90 Å². The van der Waals surface area contributed by atoms with Crippen molar-refractivity contribution in [2.24, 2.45) is 0 Å². The highest BCUT2D eigenvalue weighted by Crippen LogP contribution is 2.27. The Kier molecular flexibility index (Phi) is 5.27. The molecule has 0 aliphatic carbocycles. The normalized spacial score (nSPS) is 14.9. The molecule has 28 heavy (non-hydrogen) atoms. The molecule has 9 nitrogen and oxygen atoms in total. The van der Waals surface area contributed by atoms with Crippen LogP contribution in [0, 0.1) is 32.8 Å². The van der Waals surface area contributed by atoms with Crippen LogP contribution in [-0.2, 0) is 10.0 Å². The molecule has 0 radical (unpaired) electrons. The molecule has 1 heterocycles. The van der Waals surface area contributed by atoms with E-state index in [0.29, 0.717) is 18.8 Å². The Morgan fingerprint density at radius 2 is 1.61 bits per heavy atom. The Morgan fingerprint density at radius 3 is 2.21 bits per heavy atom. The minimum atomic E-state index is -3.81. The van der Waals surface area contributed by atoms with Gasteiger partial charge in [-0.2, -0.15) is 14.8 Å². The maximum absolute atomic E-state index is 12.9. The van der Waals surface area contributed by atoms with E-state index in [1.54, 1.807) is 12.1 Å². The summed E-state index contributed by atoms with van der Waals surface area (Å²) in [4.78, 5) is 12.1. The van der Waals surface area contributed by atoms with Gasteiger partial charge in [0.1, 0.15) is 12.1 Å². The summed E-state index contributed by atoms with van der Waals surface area (Å²) in [5.74, 6) is 0. The topological polar surface area (TPSA) is 131 Å². The van der Waals surface area contributed by atoms with E-state index in [4.69, 9.17) is 0 Å². The molecule has 0 unspecified atom stereocenters. The number of piperazine rings is 1. The van der Waals surface area contributed by atoms with Crippen molar-refractivity contribution in [3.63, 3.8) is 0 Å². The van der Waals surface area contributed by atoms with E-state index in [2.05, 4.69) is 0 Å². The smallest absolute Gasteiger partial charge is 0.270 e. The molecule has 0 spiro atoms. The Labute approximate surface area is 161 Å². The standard InChI is InChI=1S/C18H15N5O4S/c19-12-14-3-1-2-4-18(14)28(26,27)22-9-7-21(8-10-22)17-6-5-16(23(24)25)11-15(17)13-20/h1-6,11H,7-10H2. The summed E-state index contributed by atoms with van der Waals surface area (Å²) in [6.07, 6.45) is 0. The van der Waals surface area contributed by atoms with Crippen LogP contribution in [0.25, 0.3) is 0 Å². The first-order chi connectivity index (χ1) is 13.4. The summed E-state index contributed by atoms with van der Waals surface area (Å²) in [5, 5.41) is 29.4. The van der Waals surface area contributed by atoms with Gasteiger partial charge in [0.2, 0.25) is 10.0 Å². The highest BCUT2D eigenvalue weighted by atomic mass is 32.2. The highest BCUT2D eigenvalue weighted by molar-refractivity contribution is 7.89. The third-order valence-electron chi connectivity index (χ3n) is 4.52. The van der Waals surface area contributed by atoms with E-state index in [-0.39, 0.29) is 34.8 Å². The van der Waals surface area contributed by atoms with Gasteiger partial charge in [-0.15, -0.1) is 0 Å². The molecule has 1 fully saturated rings. The van der Waals surface area contributed by atoms with Gasteiger partial charge in [0.15, 0.2) is 0 Å². The summed E-state index contributed by atoms with van der Waals surface area (Å²) >= 11 is 0. The van der Waals surface area contributed by atoms with E-state index in [1.807, 2.05) is 17.0 Å². The molecule has 1 aliphatic rings. The SMILES string of the molecule is N#Cc1cc([N+](=O)[O-])ccc1N1CCN(S(=O)(=O)c2ccccc2C#N)CC1. The number of nitriles is 2. The molecular weight excluding hydrogens is 382 g/mol. The van der Waals surface area contributed by atoms with Crippen molar-refractivity contribution in [3.05, 3.63) is 63.7 Å². The van der Waals surface area contributed by atoms with Crippen molar-refractivity contribution in [2.45, 2.75) is 4.90 Å². The van der Waals surface area contributed by atoms with Gasteiger partial charge in [-0.1, -0.05) is 12.1 Å². The van der Waals surface area contributed by atoms with E-state index in [0.717, 1.165) is 0 Å². The lowest BCUT2D eigenvalue weighted by Crippen LogP contribution is -2.49. The molecule has 2 aromatic rings. The maximum Gasteiger partial charge on any atom is 0.270 e. The van der Waals surface area contributed by atoms with E-state index in [9.17, 15) is 29.1 Å². The van der Waals surface area contributed by atoms with Crippen LogP contribution in [0.1, 0.15) is 11.1 Å². The Balaban J connectivity index is 1.81. The molecule has 0 saturated carbocycles. The van der Waals surface area contributed by atoms with E-state index < -0.39 is 14.9 Å². The molecule has 1 aliphatic heterocycles. The van der Waals surface area contributed by atoms with Crippen LogP contribution in [0.2, 0.25) is 0 Å². The molecule has 142 valence electrons. The molecule has 0 amide bonds. The first kappa shape index (κ1) is 19.3.